The predicted octanol–water partition coefficient (Wildman–Crippen LogP) is -1.28. The van der Waals surface area contributed by atoms with Crippen molar-refractivity contribution in [3.8, 4) is 0 Å². The van der Waals surface area contributed by atoms with Crippen molar-refractivity contribution >= 4 is 28.7 Å². The normalized spacial score (nSPS) is 13.2. The number of carbonyl (C=O) groups excluding carboxylic acids is 2. The summed E-state index contributed by atoms with van der Waals surface area (Å²) in [5.41, 5.74) is 7.67. The number of carbonyl (C=O) groups is 3. The second-order valence-corrected chi connectivity index (χ2v) is 5.53. The van der Waals surface area contributed by atoms with Crippen LogP contribution in [0, 0.1) is 0 Å². The Hall–Kier alpha value is -2.91. The van der Waals surface area contributed by atoms with Gasteiger partial charge >= 0.3 is 5.97 Å². The van der Waals surface area contributed by atoms with Gasteiger partial charge in [-0.05, 0) is 18.1 Å². The fourth-order valence-corrected chi connectivity index (χ4v) is 2.39. The average molecular weight is 348 g/mol. The number of aromatic nitrogens is 1. The number of aliphatic hydroxyl groups is 1. The third-order valence-electron chi connectivity index (χ3n) is 3.68. The molecule has 0 fully saturated rings. The van der Waals surface area contributed by atoms with Gasteiger partial charge in [-0.2, -0.15) is 0 Å². The van der Waals surface area contributed by atoms with Gasteiger partial charge < -0.3 is 31.6 Å². The number of hydrogen-bond donors (Lipinski definition) is 6. The Morgan fingerprint density at radius 2 is 1.92 bits per heavy atom. The molecule has 0 bridgehead atoms. The third kappa shape index (κ3) is 4.78. The van der Waals surface area contributed by atoms with Crippen molar-refractivity contribution in [1.82, 2.24) is 15.6 Å². The first-order valence-corrected chi connectivity index (χ1v) is 7.63. The van der Waals surface area contributed by atoms with Crippen molar-refractivity contribution < 1.29 is 24.6 Å². The second-order valence-electron chi connectivity index (χ2n) is 5.53. The molecule has 25 heavy (non-hydrogen) atoms. The quantitative estimate of drug-likeness (QED) is 0.348. The van der Waals surface area contributed by atoms with Crippen molar-refractivity contribution in [2.24, 2.45) is 5.73 Å². The van der Waals surface area contributed by atoms with Crippen LogP contribution in [0.5, 0.6) is 0 Å². The molecule has 0 aliphatic carbocycles. The lowest BCUT2D eigenvalue weighted by molar-refractivity contribution is -0.138. The molecule has 0 aliphatic rings. The first-order valence-electron chi connectivity index (χ1n) is 7.63. The Morgan fingerprint density at radius 3 is 2.60 bits per heavy atom. The van der Waals surface area contributed by atoms with E-state index in [1.165, 1.54) is 0 Å². The molecule has 0 saturated heterocycles. The van der Waals surface area contributed by atoms with E-state index in [2.05, 4.69) is 15.6 Å². The minimum atomic E-state index is -1.26. The highest BCUT2D eigenvalue weighted by molar-refractivity contribution is 5.91. The molecule has 0 unspecified atom stereocenters. The highest BCUT2D eigenvalue weighted by atomic mass is 16.4. The zero-order chi connectivity index (χ0) is 18.4. The number of hydrogen-bond acceptors (Lipinski definition) is 5. The molecule has 0 aliphatic heterocycles. The van der Waals surface area contributed by atoms with Gasteiger partial charge in [-0.15, -0.1) is 0 Å². The summed E-state index contributed by atoms with van der Waals surface area (Å²) >= 11 is 0. The van der Waals surface area contributed by atoms with E-state index in [0.717, 1.165) is 16.5 Å². The van der Waals surface area contributed by atoms with Gasteiger partial charge in [-0.25, -0.2) is 0 Å². The monoisotopic (exact) mass is 348 g/mol. The molecule has 0 spiro atoms. The number of H-pyrrole nitrogens is 1. The minimum absolute atomic E-state index is 0.241. The molecule has 1 aromatic heterocycles. The summed E-state index contributed by atoms with van der Waals surface area (Å²) in [5.74, 6) is -2.64. The fraction of sp³-hybridized carbons (Fsp3) is 0.312. The van der Waals surface area contributed by atoms with Gasteiger partial charge in [-0.3, -0.25) is 14.4 Å². The molecule has 1 heterocycles. The van der Waals surface area contributed by atoms with Crippen LogP contribution in [0.3, 0.4) is 0 Å². The Balaban J connectivity index is 1.96. The van der Waals surface area contributed by atoms with Crippen molar-refractivity contribution in [2.45, 2.75) is 18.5 Å². The maximum absolute atomic E-state index is 12.2. The molecular weight excluding hydrogens is 328 g/mol. The van der Waals surface area contributed by atoms with Crippen LogP contribution in [0.4, 0.5) is 0 Å². The summed E-state index contributed by atoms with van der Waals surface area (Å²) in [6.07, 6.45) is 2.01. The SMILES string of the molecule is N[C@@H](Cc1c[nH]c2ccccc12)C(=O)N[C@@H](CO)C(=O)NCC(=O)O. The van der Waals surface area contributed by atoms with E-state index in [1.807, 2.05) is 24.3 Å². The minimum Gasteiger partial charge on any atom is -0.480 e. The van der Waals surface area contributed by atoms with Crippen LogP contribution in [-0.4, -0.2) is 58.2 Å². The van der Waals surface area contributed by atoms with Crippen LogP contribution in [0.15, 0.2) is 30.5 Å². The largest absolute Gasteiger partial charge is 0.480 e. The van der Waals surface area contributed by atoms with Crippen LogP contribution >= 0.6 is 0 Å². The number of aromatic amines is 1. The van der Waals surface area contributed by atoms with Gasteiger partial charge in [0, 0.05) is 17.1 Å². The Bertz CT molecular complexity index is 773. The van der Waals surface area contributed by atoms with Crippen LogP contribution in [-0.2, 0) is 20.8 Å². The summed E-state index contributed by atoms with van der Waals surface area (Å²) < 4.78 is 0. The molecule has 1 aromatic carbocycles. The van der Waals surface area contributed by atoms with Crippen LogP contribution in [0.1, 0.15) is 5.56 Å². The third-order valence-corrected chi connectivity index (χ3v) is 3.68. The van der Waals surface area contributed by atoms with Crippen molar-refractivity contribution in [1.29, 1.82) is 0 Å². The molecule has 9 heteroatoms. The standard InChI is InChI=1S/C16H20N4O5/c17-11(5-9-6-18-12-4-2-1-3-10(9)12)15(24)20-13(8-21)16(25)19-7-14(22)23/h1-4,6,11,13,18,21H,5,7-8,17H2,(H,19,25)(H,20,24)(H,22,23)/t11-,13-/m0/s1. The first-order chi connectivity index (χ1) is 11.9. The molecular formula is C16H20N4O5. The van der Waals surface area contributed by atoms with E-state index in [4.69, 9.17) is 10.8 Å². The Morgan fingerprint density at radius 1 is 1.20 bits per heavy atom. The molecule has 0 saturated carbocycles. The number of nitrogens with one attached hydrogen (secondary N) is 3. The smallest absolute Gasteiger partial charge is 0.322 e. The number of para-hydroxylation sites is 1. The lowest BCUT2D eigenvalue weighted by atomic mass is 10.0. The molecule has 2 aromatic rings. The highest BCUT2D eigenvalue weighted by Gasteiger charge is 2.24. The molecule has 2 amide bonds. The fourth-order valence-electron chi connectivity index (χ4n) is 2.39. The topological polar surface area (TPSA) is 158 Å². The van der Waals surface area contributed by atoms with E-state index < -0.39 is 43.0 Å². The van der Waals surface area contributed by atoms with Gasteiger partial charge in [0.25, 0.3) is 0 Å². The summed E-state index contributed by atoms with van der Waals surface area (Å²) in [4.78, 5) is 37.4. The Labute approximate surface area is 143 Å². The van der Waals surface area contributed by atoms with Crippen molar-refractivity contribution in [2.75, 3.05) is 13.2 Å². The molecule has 134 valence electrons. The van der Waals surface area contributed by atoms with Crippen LogP contribution < -0.4 is 16.4 Å². The number of carboxylic acid groups (broad SMARTS) is 1. The van der Waals surface area contributed by atoms with E-state index in [0.29, 0.717) is 0 Å². The van der Waals surface area contributed by atoms with E-state index in [-0.39, 0.29) is 6.42 Å². The van der Waals surface area contributed by atoms with Crippen molar-refractivity contribution in [3.05, 3.63) is 36.0 Å². The number of rotatable bonds is 8. The zero-order valence-corrected chi connectivity index (χ0v) is 13.4. The first kappa shape index (κ1) is 18.4. The number of aliphatic hydroxyl groups excluding tert-OH is 1. The number of amides is 2. The van der Waals surface area contributed by atoms with Gasteiger partial charge in [0.1, 0.15) is 12.6 Å². The molecule has 9 nitrogen and oxygen atoms in total. The van der Waals surface area contributed by atoms with Gasteiger partial charge in [0.2, 0.25) is 11.8 Å². The lowest BCUT2D eigenvalue weighted by Gasteiger charge is -2.18. The van der Waals surface area contributed by atoms with Crippen LogP contribution in [0.25, 0.3) is 10.9 Å². The lowest BCUT2D eigenvalue weighted by Crippen LogP contribution is -2.54. The maximum Gasteiger partial charge on any atom is 0.322 e. The maximum atomic E-state index is 12.2. The van der Waals surface area contributed by atoms with Gasteiger partial charge in [-0.1, -0.05) is 18.2 Å². The summed E-state index contributed by atoms with van der Waals surface area (Å²) in [5, 5.41) is 23.1. The molecule has 2 rings (SSSR count). The summed E-state index contributed by atoms with van der Waals surface area (Å²) in [6.45, 7) is -1.27. The van der Waals surface area contributed by atoms with E-state index in [9.17, 15) is 19.5 Å². The Kier molecular flexibility index (Phi) is 6.09. The predicted molar refractivity (Wildman–Crippen MR) is 89.6 cm³/mol. The zero-order valence-electron chi connectivity index (χ0n) is 13.4. The summed E-state index contributed by atoms with van der Waals surface area (Å²) in [7, 11) is 0. The number of nitrogens with two attached hydrogens (primary N) is 1. The van der Waals surface area contributed by atoms with Crippen molar-refractivity contribution in [3.63, 3.8) is 0 Å². The number of fused-ring (bicyclic) bond motifs is 1. The van der Waals surface area contributed by atoms with Crippen LogP contribution in [0.2, 0.25) is 0 Å². The van der Waals surface area contributed by atoms with Gasteiger partial charge in [0.15, 0.2) is 0 Å². The average Bonchev–Trinajstić information content (AvgIpc) is 3.00. The second kappa shape index (κ2) is 8.27. The number of carboxylic acids is 1. The van der Waals surface area contributed by atoms with E-state index >= 15 is 0 Å². The van der Waals surface area contributed by atoms with Gasteiger partial charge in [0.05, 0.1) is 12.6 Å². The molecule has 2 atom stereocenters. The number of benzene rings is 1. The molecule has 7 N–H and O–H groups in total. The van der Waals surface area contributed by atoms with E-state index in [1.54, 1.807) is 6.20 Å². The number of aliphatic carboxylic acids is 1. The highest BCUT2D eigenvalue weighted by Crippen LogP contribution is 2.18. The molecule has 0 radical (unpaired) electrons. The summed E-state index contributed by atoms with van der Waals surface area (Å²) in [6, 6.07) is 5.37.